The predicted octanol–water partition coefficient (Wildman–Crippen LogP) is 2.72. The van der Waals surface area contributed by atoms with Crippen molar-refractivity contribution in [3.8, 4) is 0 Å². The highest BCUT2D eigenvalue weighted by Gasteiger charge is 2.21. The number of rotatable bonds is 2. The van der Waals surface area contributed by atoms with Crippen LogP contribution >= 0.6 is 0 Å². The number of pyridine rings is 1. The largest absolute Gasteiger partial charge is 0.353 e. The van der Waals surface area contributed by atoms with Gasteiger partial charge in [-0.1, -0.05) is 38.5 Å². The van der Waals surface area contributed by atoms with Crippen molar-refractivity contribution < 1.29 is 0 Å². The average Bonchev–Trinajstić information content (AvgIpc) is 2.38. The average molecular weight is 245 g/mol. The molecule has 18 heavy (non-hydrogen) atoms. The van der Waals surface area contributed by atoms with Crippen LogP contribution in [-0.4, -0.2) is 18.1 Å². The Labute approximate surface area is 110 Å². The molecule has 2 heterocycles. The van der Waals surface area contributed by atoms with E-state index in [1.165, 1.54) is 0 Å². The standard InChI is InChI=1S/C15H23N3/c1-15(2,3)13-6-8-18(9-7-13)14-5-4-12(10-16)11-17-14/h4-6,11H,7-10,16H2,1-3H3. The zero-order chi connectivity index (χ0) is 13.2. The Bertz CT molecular complexity index is 426. The van der Waals surface area contributed by atoms with Crippen LogP contribution in [0.4, 0.5) is 5.82 Å². The summed E-state index contributed by atoms with van der Waals surface area (Å²) >= 11 is 0. The molecule has 0 amide bonds. The van der Waals surface area contributed by atoms with E-state index >= 15 is 0 Å². The summed E-state index contributed by atoms with van der Waals surface area (Å²) in [5, 5.41) is 0. The van der Waals surface area contributed by atoms with E-state index in [9.17, 15) is 0 Å². The second kappa shape index (κ2) is 5.11. The molecule has 3 nitrogen and oxygen atoms in total. The third kappa shape index (κ3) is 2.91. The molecule has 2 rings (SSSR count). The minimum atomic E-state index is 0.295. The topological polar surface area (TPSA) is 42.1 Å². The lowest BCUT2D eigenvalue weighted by atomic mass is 9.83. The van der Waals surface area contributed by atoms with Gasteiger partial charge in [-0.3, -0.25) is 0 Å². The molecule has 0 spiro atoms. The van der Waals surface area contributed by atoms with Crippen molar-refractivity contribution in [1.29, 1.82) is 0 Å². The fraction of sp³-hybridized carbons (Fsp3) is 0.533. The first kappa shape index (κ1) is 13.1. The zero-order valence-corrected chi connectivity index (χ0v) is 11.6. The van der Waals surface area contributed by atoms with Gasteiger partial charge in [-0.15, -0.1) is 0 Å². The molecular weight excluding hydrogens is 222 g/mol. The second-order valence-corrected chi connectivity index (χ2v) is 5.90. The molecule has 1 aliphatic heterocycles. The van der Waals surface area contributed by atoms with Crippen LogP contribution in [0.2, 0.25) is 0 Å². The number of nitrogens with zero attached hydrogens (tertiary/aromatic N) is 2. The summed E-state index contributed by atoms with van der Waals surface area (Å²) in [5.74, 6) is 1.05. The zero-order valence-electron chi connectivity index (χ0n) is 11.6. The number of hydrogen-bond acceptors (Lipinski definition) is 3. The van der Waals surface area contributed by atoms with Crippen LogP contribution in [0.3, 0.4) is 0 Å². The lowest BCUT2D eigenvalue weighted by Gasteiger charge is -2.32. The van der Waals surface area contributed by atoms with Gasteiger partial charge in [-0.2, -0.15) is 0 Å². The van der Waals surface area contributed by atoms with Crippen molar-refractivity contribution in [1.82, 2.24) is 4.98 Å². The van der Waals surface area contributed by atoms with Crippen LogP contribution < -0.4 is 10.6 Å². The molecule has 0 atom stereocenters. The smallest absolute Gasteiger partial charge is 0.128 e. The number of nitrogens with two attached hydrogens (primary N) is 1. The lowest BCUT2D eigenvalue weighted by Crippen LogP contribution is -2.31. The second-order valence-electron chi connectivity index (χ2n) is 5.90. The van der Waals surface area contributed by atoms with Crippen LogP contribution in [0.1, 0.15) is 32.8 Å². The molecular formula is C15H23N3. The molecule has 1 aliphatic rings. The van der Waals surface area contributed by atoms with Crippen LogP contribution in [-0.2, 0) is 6.54 Å². The van der Waals surface area contributed by atoms with Crippen molar-refractivity contribution >= 4 is 5.82 Å². The first-order chi connectivity index (χ1) is 8.50. The lowest BCUT2D eigenvalue weighted by molar-refractivity contribution is 0.472. The maximum absolute atomic E-state index is 5.58. The normalized spacial score (nSPS) is 16.7. The molecule has 98 valence electrons. The van der Waals surface area contributed by atoms with E-state index in [0.717, 1.165) is 30.9 Å². The van der Waals surface area contributed by atoms with Gasteiger partial charge in [0, 0.05) is 25.8 Å². The molecule has 0 aliphatic carbocycles. The van der Waals surface area contributed by atoms with E-state index in [1.807, 2.05) is 6.20 Å². The fourth-order valence-electron chi connectivity index (χ4n) is 2.28. The number of anilines is 1. The van der Waals surface area contributed by atoms with E-state index in [2.05, 4.69) is 48.9 Å². The molecule has 0 bridgehead atoms. The first-order valence-corrected chi connectivity index (χ1v) is 6.60. The molecule has 1 aromatic rings. The summed E-state index contributed by atoms with van der Waals surface area (Å²) in [4.78, 5) is 6.79. The van der Waals surface area contributed by atoms with Gasteiger partial charge in [0.1, 0.15) is 5.82 Å². The van der Waals surface area contributed by atoms with Gasteiger partial charge in [0.15, 0.2) is 0 Å². The Balaban J connectivity index is 2.07. The van der Waals surface area contributed by atoms with E-state index in [0.29, 0.717) is 12.0 Å². The monoisotopic (exact) mass is 245 g/mol. The summed E-state index contributed by atoms with van der Waals surface area (Å²) in [6.07, 6.45) is 5.35. The Morgan fingerprint density at radius 2 is 2.11 bits per heavy atom. The van der Waals surface area contributed by atoms with Crippen molar-refractivity contribution in [2.75, 3.05) is 18.0 Å². The highest BCUT2D eigenvalue weighted by Crippen LogP contribution is 2.31. The quantitative estimate of drug-likeness (QED) is 0.815. The molecule has 2 N–H and O–H groups in total. The van der Waals surface area contributed by atoms with Crippen molar-refractivity contribution in [2.24, 2.45) is 11.1 Å². The molecule has 0 saturated carbocycles. The Kier molecular flexibility index (Phi) is 3.71. The molecule has 0 radical (unpaired) electrons. The van der Waals surface area contributed by atoms with E-state index in [-0.39, 0.29) is 0 Å². The van der Waals surface area contributed by atoms with Crippen LogP contribution in [0.15, 0.2) is 30.0 Å². The van der Waals surface area contributed by atoms with E-state index < -0.39 is 0 Å². The van der Waals surface area contributed by atoms with Crippen LogP contribution in [0.25, 0.3) is 0 Å². The summed E-state index contributed by atoms with van der Waals surface area (Å²) in [5.41, 5.74) is 8.51. The van der Waals surface area contributed by atoms with Crippen LogP contribution in [0.5, 0.6) is 0 Å². The van der Waals surface area contributed by atoms with Gasteiger partial charge >= 0.3 is 0 Å². The first-order valence-electron chi connectivity index (χ1n) is 6.60. The van der Waals surface area contributed by atoms with Gasteiger partial charge < -0.3 is 10.6 Å². The van der Waals surface area contributed by atoms with E-state index in [4.69, 9.17) is 5.73 Å². The summed E-state index contributed by atoms with van der Waals surface area (Å²) in [7, 11) is 0. The minimum Gasteiger partial charge on any atom is -0.353 e. The fourth-order valence-corrected chi connectivity index (χ4v) is 2.28. The number of hydrogen-bond donors (Lipinski definition) is 1. The summed E-state index contributed by atoms with van der Waals surface area (Å²) < 4.78 is 0. The van der Waals surface area contributed by atoms with Crippen molar-refractivity contribution in [2.45, 2.75) is 33.7 Å². The molecule has 0 aromatic carbocycles. The Morgan fingerprint density at radius 3 is 2.56 bits per heavy atom. The summed E-state index contributed by atoms with van der Waals surface area (Å²) in [6.45, 7) is 9.41. The number of aromatic nitrogens is 1. The third-order valence-electron chi connectivity index (χ3n) is 3.54. The van der Waals surface area contributed by atoms with Gasteiger partial charge in [0.25, 0.3) is 0 Å². The van der Waals surface area contributed by atoms with Gasteiger partial charge in [-0.25, -0.2) is 4.98 Å². The molecule has 0 unspecified atom stereocenters. The summed E-state index contributed by atoms with van der Waals surface area (Å²) in [6, 6.07) is 4.13. The van der Waals surface area contributed by atoms with Gasteiger partial charge in [0.2, 0.25) is 0 Å². The van der Waals surface area contributed by atoms with Crippen molar-refractivity contribution in [3.63, 3.8) is 0 Å². The predicted molar refractivity (Wildman–Crippen MR) is 76.5 cm³/mol. The molecule has 1 aromatic heterocycles. The molecule has 0 fully saturated rings. The maximum Gasteiger partial charge on any atom is 0.128 e. The highest BCUT2D eigenvalue weighted by molar-refractivity contribution is 5.42. The van der Waals surface area contributed by atoms with E-state index in [1.54, 1.807) is 5.57 Å². The maximum atomic E-state index is 5.58. The SMILES string of the molecule is CC(C)(C)C1=CCN(c2ccc(CN)cn2)CC1. The van der Waals surface area contributed by atoms with Gasteiger partial charge in [-0.05, 0) is 23.5 Å². The third-order valence-corrected chi connectivity index (χ3v) is 3.54. The minimum absolute atomic E-state index is 0.295. The molecule has 0 saturated heterocycles. The highest BCUT2D eigenvalue weighted by atomic mass is 15.2. The Hall–Kier alpha value is -1.35. The van der Waals surface area contributed by atoms with Gasteiger partial charge in [0.05, 0.1) is 0 Å². The molecule has 3 heteroatoms. The van der Waals surface area contributed by atoms with Crippen LogP contribution in [0, 0.1) is 5.41 Å². The Morgan fingerprint density at radius 1 is 1.33 bits per heavy atom. The van der Waals surface area contributed by atoms with Crippen molar-refractivity contribution in [3.05, 3.63) is 35.5 Å².